The Hall–Kier alpha value is -3.37. The lowest BCUT2D eigenvalue weighted by atomic mass is 10.1. The van der Waals surface area contributed by atoms with E-state index < -0.39 is 0 Å². The molecule has 0 saturated heterocycles. The van der Waals surface area contributed by atoms with E-state index in [0.717, 1.165) is 5.56 Å². The molecule has 0 amide bonds. The average Bonchev–Trinajstić information content (AvgIpc) is 2.98. The molecule has 0 N–H and O–H groups in total. The molecule has 0 atom stereocenters. The number of methoxy groups -OCH3 is 1. The largest absolute Gasteiger partial charge is 0.493 e. The number of fused-ring (bicyclic) bond motifs is 1. The van der Waals surface area contributed by atoms with Gasteiger partial charge in [-0.1, -0.05) is 66.2 Å². The van der Waals surface area contributed by atoms with Gasteiger partial charge in [0.1, 0.15) is 6.61 Å². The van der Waals surface area contributed by atoms with E-state index in [0.29, 0.717) is 39.8 Å². The summed E-state index contributed by atoms with van der Waals surface area (Å²) in [5.74, 6) is 0.262. The number of Topliss-reactive ketones (excluding diaryl/α,β-unsaturated/α-hetero) is 2. The molecule has 0 aliphatic heterocycles. The van der Waals surface area contributed by atoms with Gasteiger partial charge in [-0.3, -0.25) is 9.59 Å². The maximum absolute atomic E-state index is 12.6. The van der Waals surface area contributed by atoms with E-state index in [1.165, 1.54) is 7.11 Å². The minimum atomic E-state index is -0.287. The van der Waals surface area contributed by atoms with E-state index in [1.807, 2.05) is 30.3 Å². The molecule has 1 aliphatic carbocycles. The first-order valence-corrected chi connectivity index (χ1v) is 9.40. The minimum Gasteiger partial charge on any atom is -0.493 e. The first kappa shape index (κ1) is 19.0. The molecule has 0 unspecified atom stereocenters. The summed E-state index contributed by atoms with van der Waals surface area (Å²) < 4.78 is 11.3. The van der Waals surface area contributed by atoms with Gasteiger partial charge < -0.3 is 9.47 Å². The number of halogens is 1. The maximum atomic E-state index is 12.6. The zero-order valence-electron chi connectivity index (χ0n) is 15.6. The Morgan fingerprint density at radius 1 is 0.897 bits per heavy atom. The van der Waals surface area contributed by atoms with Crippen LogP contribution in [0.25, 0.3) is 6.08 Å². The van der Waals surface area contributed by atoms with Crippen LogP contribution in [0.1, 0.15) is 31.8 Å². The van der Waals surface area contributed by atoms with Crippen LogP contribution in [0.4, 0.5) is 0 Å². The number of hydrogen-bond donors (Lipinski definition) is 0. The molecule has 0 bridgehead atoms. The molecule has 5 heteroatoms. The highest BCUT2D eigenvalue weighted by Crippen LogP contribution is 2.38. The van der Waals surface area contributed by atoms with E-state index >= 15 is 0 Å². The van der Waals surface area contributed by atoms with Crippen molar-refractivity contribution in [2.75, 3.05) is 7.11 Å². The summed E-state index contributed by atoms with van der Waals surface area (Å²) in [4.78, 5) is 25.2. The molecule has 29 heavy (non-hydrogen) atoms. The number of benzene rings is 3. The van der Waals surface area contributed by atoms with Crippen LogP contribution in [0.15, 0.2) is 72.3 Å². The van der Waals surface area contributed by atoms with Crippen LogP contribution in [0.5, 0.6) is 11.5 Å². The van der Waals surface area contributed by atoms with Crippen molar-refractivity contribution in [3.63, 3.8) is 0 Å². The lowest BCUT2D eigenvalue weighted by Crippen LogP contribution is -2.01. The Morgan fingerprint density at radius 2 is 1.52 bits per heavy atom. The van der Waals surface area contributed by atoms with Crippen LogP contribution >= 0.6 is 11.6 Å². The van der Waals surface area contributed by atoms with Gasteiger partial charge >= 0.3 is 0 Å². The Labute approximate surface area is 173 Å². The Morgan fingerprint density at radius 3 is 2.14 bits per heavy atom. The van der Waals surface area contributed by atoms with Crippen molar-refractivity contribution in [3.8, 4) is 11.5 Å². The standard InChI is InChI=1S/C24H17ClO4/c1-28-21-13-16(11-19-22(26)17-9-5-6-10-18(17)23(19)27)12-20(25)24(21)29-14-15-7-3-2-4-8-15/h2-13H,14H2,1H3. The summed E-state index contributed by atoms with van der Waals surface area (Å²) in [7, 11) is 1.51. The quantitative estimate of drug-likeness (QED) is 0.422. The van der Waals surface area contributed by atoms with Crippen LogP contribution in [-0.2, 0) is 6.61 Å². The summed E-state index contributed by atoms with van der Waals surface area (Å²) >= 11 is 6.42. The van der Waals surface area contributed by atoms with Crippen molar-refractivity contribution in [3.05, 3.63) is 99.6 Å². The normalized spacial score (nSPS) is 12.7. The molecular weight excluding hydrogens is 388 g/mol. The molecule has 0 fully saturated rings. The van der Waals surface area contributed by atoms with Crippen molar-refractivity contribution in [1.29, 1.82) is 0 Å². The maximum Gasteiger partial charge on any atom is 0.197 e. The van der Waals surface area contributed by atoms with Gasteiger partial charge in [0.2, 0.25) is 0 Å². The molecule has 0 heterocycles. The highest BCUT2D eigenvalue weighted by atomic mass is 35.5. The Balaban J connectivity index is 1.65. The summed E-state index contributed by atoms with van der Waals surface area (Å²) in [5, 5.41) is 0.336. The summed E-state index contributed by atoms with van der Waals surface area (Å²) in [5.41, 5.74) is 2.54. The third kappa shape index (κ3) is 3.67. The van der Waals surface area contributed by atoms with Crippen LogP contribution < -0.4 is 9.47 Å². The van der Waals surface area contributed by atoms with E-state index in [4.69, 9.17) is 21.1 Å². The van der Waals surface area contributed by atoms with E-state index in [1.54, 1.807) is 42.5 Å². The van der Waals surface area contributed by atoms with Crippen molar-refractivity contribution in [1.82, 2.24) is 0 Å². The molecular formula is C24H17ClO4. The topological polar surface area (TPSA) is 52.6 Å². The lowest BCUT2D eigenvalue weighted by Gasteiger charge is -2.13. The van der Waals surface area contributed by atoms with Crippen LogP contribution in [0, 0.1) is 0 Å². The van der Waals surface area contributed by atoms with E-state index in [2.05, 4.69) is 0 Å². The van der Waals surface area contributed by atoms with E-state index in [-0.39, 0.29) is 17.1 Å². The first-order chi connectivity index (χ1) is 14.1. The first-order valence-electron chi connectivity index (χ1n) is 9.03. The van der Waals surface area contributed by atoms with Gasteiger partial charge in [0.25, 0.3) is 0 Å². The molecule has 4 nitrogen and oxygen atoms in total. The average molecular weight is 405 g/mol. The summed E-state index contributed by atoms with van der Waals surface area (Å²) in [6.45, 7) is 0.337. The molecule has 1 aliphatic rings. The molecule has 144 valence electrons. The predicted octanol–water partition coefficient (Wildman–Crippen LogP) is 5.39. The molecule has 0 radical (unpaired) electrons. The van der Waals surface area contributed by atoms with Gasteiger partial charge in [0.05, 0.1) is 17.7 Å². The highest BCUT2D eigenvalue weighted by molar-refractivity contribution is 6.41. The third-order valence-electron chi connectivity index (χ3n) is 4.69. The number of carbonyl (C=O) groups is 2. The number of hydrogen-bond acceptors (Lipinski definition) is 4. The number of ether oxygens (including phenoxy) is 2. The molecule has 3 aromatic carbocycles. The highest BCUT2D eigenvalue weighted by Gasteiger charge is 2.32. The van der Waals surface area contributed by atoms with E-state index in [9.17, 15) is 9.59 Å². The fourth-order valence-corrected chi connectivity index (χ4v) is 3.54. The summed E-state index contributed by atoms with van der Waals surface area (Å²) in [6, 6.07) is 19.8. The van der Waals surface area contributed by atoms with Crippen LogP contribution in [0.2, 0.25) is 5.02 Å². The van der Waals surface area contributed by atoms with Crippen molar-refractivity contribution >= 4 is 29.2 Å². The van der Waals surface area contributed by atoms with Gasteiger partial charge in [0.15, 0.2) is 23.1 Å². The second kappa shape index (κ2) is 7.94. The third-order valence-corrected chi connectivity index (χ3v) is 4.98. The number of ketones is 2. The number of rotatable bonds is 5. The summed E-state index contributed by atoms with van der Waals surface area (Å²) in [6.07, 6.45) is 1.54. The fraction of sp³-hybridized carbons (Fsp3) is 0.0833. The van der Waals surface area contributed by atoms with Crippen LogP contribution in [-0.4, -0.2) is 18.7 Å². The SMILES string of the molecule is COc1cc(C=C2C(=O)c3ccccc3C2=O)cc(Cl)c1OCc1ccccc1. The van der Waals surface area contributed by atoms with Crippen molar-refractivity contribution in [2.45, 2.75) is 6.61 Å². The van der Waals surface area contributed by atoms with Gasteiger partial charge in [-0.15, -0.1) is 0 Å². The Kier molecular flexibility index (Phi) is 5.19. The number of carbonyl (C=O) groups excluding carboxylic acids is 2. The van der Waals surface area contributed by atoms with Gasteiger partial charge in [-0.2, -0.15) is 0 Å². The molecule has 4 rings (SSSR count). The Bertz CT molecular complexity index is 1100. The predicted molar refractivity (Wildman–Crippen MR) is 112 cm³/mol. The van der Waals surface area contributed by atoms with Crippen LogP contribution in [0.3, 0.4) is 0 Å². The monoisotopic (exact) mass is 404 g/mol. The zero-order valence-corrected chi connectivity index (χ0v) is 16.4. The van der Waals surface area contributed by atoms with Gasteiger partial charge in [-0.05, 0) is 29.3 Å². The smallest absolute Gasteiger partial charge is 0.197 e. The second-order valence-corrected chi connectivity index (χ2v) is 6.98. The number of allylic oxidation sites excluding steroid dienone is 1. The van der Waals surface area contributed by atoms with Crippen molar-refractivity contribution < 1.29 is 19.1 Å². The second-order valence-electron chi connectivity index (χ2n) is 6.57. The van der Waals surface area contributed by atoms with Gasteiger partial charge in [-0.25, -0.2) is 0 Å². The molecule has 0 aromatic heterocycles. The molecule has 0 spiro atoms. The molecule has 3 aromatic rings. The lowest BCUT2D eigenvalue weighted by molar-refractivity contribution is 0.0990. The van der Waals surface area contributed by atoms with Crippen molar-refractivity contribution in [2.24, 2.45) is 0 Å². The van der Waals surface area contributed by atoms with Gasteiger partial charge in [0, 0.05) is 11.1 Å². The fourth-order valence-electron chi connectivity index (χ4n) is 3.26. The zero-order chi connectivity index (χ0) is 20.4. The minimum absolute atomic E-state index is 0.113. The molecule has 0 saturated carbocycles.